The first kappa shape index (κ1) is 15.5. The number of aliphatic hydroxyl groups excluding tert-OH is 1. The van der Waals surface area contributed by atoms with Gasteiger partial charge in [-0.05, 0) is 19.8 Å². The predicted octanol–water partition coefficient (Wildman–Crippen LogP) is -1.77. The Morgan fingerprint density at radius 2 is 1.75 bits per heavy atom. The Labute approximate surface area is 117 Å². The average molecular weight is 200 g/mol. The third-order valence-corrected chi connectivity index (χ3v) is 1.92. The van der Waals surface area contributed by atoms with Gasteiger partial charge in [-0.1, -0.05) is 13.8 Å². The van der Waals surface area contributed by atoms with Gasteiger partial charge in [-0.15, -0.1) is 0 Å². The van der Waals surface area contributed by atoms with Crippen LogP contribution in [0.1, 0.15) is 29.1 Å². The molecule has 0 fully saturated rings. The Hall–Kier alpha value is 1.07. The van der Waals surface area contributed by atoms with Crippen LogP contribution in [0.4, 0.5) is 0 Å². The molecule has 0 radical (unpaired) electrons. The topological polar surface area (TPSA) is 57.5 Å². The number of rotatable bonds is 3. The third kappa shape index (κ3) is 3.85. The largest absolute Gasteiger partial charge is 1.00 e. The van der Waals surface area contributed by atoms with Gasteiger partial charge < -0.3 is 11.6 Å². The van der Waals surface area contributed by atoms with Crippen LogP contribution < -0.4 is 51.4 Å². The summed E-state index contributed by atoms with van der Waals surface area (Å²) in [4.78, 5) is 10.6. The van der Waals surface area contributed by atoms with Gasteiger partial charge in [0, 0.05) is 0 Å². The summed E-state index contributed by atoms with van der Waals surface area (Å²) in [5, 5.41) is 18.1. The molecule has 0 saturated carbocycles. The fraction of sp³-hybridized carbons (Fsp3) is 0.875. The molecule has 0 aliphatic heterocycles. The molecule has 4 heteroatoms. The van der Waals surface area contributed by atoms with Gasteiger partial charge in [0.2, 0.25) is 0 Å². The minimum absolute atomic E-state index is 0. The molecule has 0 aromatic rings. The molecule has 0 saturated heterocycles. The van der Waals surface area contributed by atoms with Crippen molar-refractivity contribution in [2.45, 2.75) is 33.8 Å². The van der Waals surface area contributed by atoms with E-state index in [1.807, 2.05) is 0 Å². The van der Waals surface area contributed by atoms with E-state index in [1.54, 1.807) is 13.8 Å². The maximum atomic E-state index is 10.6. The Kier molecular flexibility index (Phi) is 7.41. The molecule has 12 heavy (non-hydrogen) atoms. The van der Waals surface area contributed by atoms with Crippen LogP contribution in [-0.4, -0.2) is 22.3 Å². The van der Waals surface area contributed by atoms with E-state index in [0.29, 0.717) is 0 Å². The standard InChI is InChI=1S/C8H16O3.K.H/c1-5(2)6(9)8(3,4)7(10)11;;/h5-6,9H,1-4H3,(H,10,11);;/q;+1;-1. The molecule has 0 amide bonds. The monoisotopic (exact) mass is 200 g/mol. The van der Waals surface area contributed by atoms with Crippen molar-refractivity contribution in [1.29, 1.82) is 0 Å². The molecule has 0 bridgehead atoms. The minimum atomic E-state index is -1.05. The van der Waals surface area contributed by atoms with Crippen LogP contribution in [0.5, 0.6) is 0 Å². The Bertz CT molecular complexity index is 159. The smallest absolute Gasteiger partial charge is 1.00 e. The molecule has 0 rings (SSSR count). The van der Waals surface area contributed by atoms with Crippen LogP contribution in [-0.2, 0) is 4.79 Å². The first-order chi connectivity index (χ1) is 4.80. The number of carboxylic acids is 1. The van der Waals surface area contributed by atoms with Crippen LogP contribution in [0.2, 0.25) is 0 Å². The SMILES string of the molecule is CC(C)C(O)C(C)(C)C(=O)O.[H-].[K+]. The first-order valence-electron chi connectivity index (χ1n) is 3.71. The molecule has 3 nitrogen and oxygen atoms in total. The van der Waals surface area contributed by atoms with Crippen molar-refractivity contribution in [3.63, 3.8) is 0 Å². The van der Waals surface area contributed by atoms with Crippen molar-refractivity contribution >= 4 is 5.97 Å². The maximum Gasteiger partial charge on any atom is 1.00 e. The Balaban J connectivity index is -0.000000500. The van der Waals surface area contributed by atoms with Crippen molar-refractivity contribution in [2.24, 2.45) is 11.3 Å². The predicted molar refractivity (Wildman–Crippen MR) is 43.4 cm³/mol. The molecule has 0 aromatic carbocycles. The summed E-state index contributed by atoms with van der Waals surface area (Å²) < 4.78 is 0. The van der Waals surface area contributed by atoms with Gasteiger partial charge in [0.15, 0.2) is 0 Å². The van der Waals surface area contributed by atoms with Crippen molar-refractivity contribution in [1.82, 2.24) is 0 Å². The fourth-order valence-corrected chi connectivity index (χ4v) is 0.960. The van der Waals surface area contributed by atoms with E-state index in [4.69, 9.17) is 5.11 Å². The zero-order chi connectivity index (χ0) is 9.23. The summed E-state index contributed by atoms with van der Waals surface area (Å²) in [6.45, 7) is 6.66. The molecule has 0 aromatic heterocycles. The van der Waals surface area contributed by atoms with Gasteiger partial charge in [0.05, 0.1) is 11.5 Å². The maximum absolute atomic E-state index is 10.6. The van der Waals surface area contributed by atoms with E-state index in [-0.39, 0.29) is 58.7 Å². The summed E-state index contributed by atoms with van der Waals surface area (Å²) in [7, 11) is 0. The first-order valence-corrected chi connectivity index (χ1v) is 3.71. The molecule has 2 N–H and O–H groups in total. The molecule has 68 valence electrons. The summed E-state index contributed by atoms with van der Waals surface area (Å²) in [6, 6.07) is 0. The summed E-state index contributed by atoms with van der Waals surface area (Å²) in [6.07, 6.45) is -0.792. The Morgan fingerprint density at radius 3 is 1.83 bits per heavy atom. The van der Waals surface area contributed by atoms with Crippen molar-refractivity contribution in [2.75, 3.05) is 0 Å². The molecular formula is C8H17KO3. The fourth-order valence-electron chi connectivity index (χ4n) is 0.960. The molecule has 1 atom stereocenters. The van der Waals surface area contributed by atoms with Crippen molar-refractivity contribution < 1.29 is 67.8 Å². The van der Waals surface area contributed by atoms with Crippen LogP contribution in [0.3, 0.4) is 0 Å². The molecule has 0 aliphatic carbocycles. The second-order valence-corrected chi connectivity index (χ2v) is 3.72. The van der Waals surface area contributed by atoms with E-state index < -0.39 is 17.5 Å². The van der Waals surface area contributed by atoms with Crippen LogP contribution in [0.15, 0.2) is 0 Å². The number of hydrogen-bond donors (Lipinski definition) is 2. The average Bonchev–Trinajstić information content (AvgIpc) is 1.85. The number of carbonyl (C=O) groups is 1. The molecule has 1 unspecified atom stereocenters. The van der Waals surface area contributed by atoms with E-state index in [1.165, 1.54) is 13.8 Å². The van der Waals surface area contributed by atoms with Crippen molar-refractivity contribution in [3.05, 3.63) is 0 Å². The number of aliphatic carboxylic acids is 1. The summed E-state index contributed by atoms with van der Waals surface area (Å²) in [5.74, 6) is -0.986. The van der Waals surface area contributed by atoms with E-state index in [0.717, 1.165) is 0 Å². The van der Waals surface area contributed by atoms with E-state index in [2.05, 4.69) is 0 Å². The van der Waals surface area contributed by atoms with Gasteiger partial charge in [-0.3, -0.25) is 4.79 Å². The Morgan fingerprint density at radius 1 is 1.42 bits per heavy atom. The zero-order valence-corrected chi connectivity index (χ0v) is 11.6. The number of hydrogen-bond acceptors (Lipinski definition) is 2. The zero-order valence-electron chi connectivity index (χ0n) is 9.46. The normalized spacial score (nSPS) is 13.8. The van der Waals surface area contributed by atoms with Gasteiger partial charge in [0.25, 0.3) is 0 Å². The summed E-state index contributed by atoms with van der Waals surface area (Å²) in [5.41, 5.74) is -1.05. The number of carboxylic acid groups (broad SMARTS) is 1. The second-order valence-electron chi connectivity index (χ2n) is 3.72. The molecule has 0 heterocycles. The van der Waals surface area contributed by atoms with Gasteiger partial charge in [-0.2, -0.15) is 0 Å². The quantitative estimate of drug-likeness (QED) is 0.530. The minimum Gasteiger partial charge on any atom is -1.00 e. The number of aliphatic hydroxyl groups is 1. The van der Waals surface area contributed by atoms with Crippen LogP contribution >= 0.6 is 0 Å². The molecule has 0 spiro atoms. The molecule has 0 aliphatic rings. The van der Waals surface area contributed by atoms with Gasteiger partial charge in [-0.25, -0.2) is 0 Å². The third-order valence-electron chi connectivity index (χ3n) is 1.92. The molecular weight excluding hydrogens is 183 g/mol. The van der Waals surface area contributed by atoms with E-state index in [9.17, 15) is 9.90 Å². The van der Waals surface area contributed by atoms with Crippen molar-refractivity contribution in [3.8, 4) is 0 Å². The van der Waals surface area contributed by atoms with E-state index >= 15 is 0 Å². The second kappa shape index (κ2) is 5.72. The summed E-state index contributed by atoms with van der Waals surface area (Å²) >= 11 is 0. The van der Waals surface area contributed by atoms with Gasteiger partial charge >= 0.3 is 57.4 Å². The van der Waals surface area contributed by atoms with Crippen LogP contribution in [0, 0.1) is 11.3 Å². The van der Waals surface area contributed by atoms with Gasteiger partial charge in [0.1, 0.15) is 0 Å². The van der Waals surface area contributed by atoms with Crippen LogP contribution in [0.25, 0.3) is 0 Å².